The Morgan fingerprint density at radius 3 is 2.37 bits per heavy atom. The number of hydrogen-bond acceptors (Lipinski definition) is 3. The zero-order valence-electron chi connectivity index (χ0n) is 17.3. The molecule has 4 aliphatic carbocycles. The summed E-state index contributed by atoms with van der Waals surface area (Å²) in [7, 11) is 0. The van der Waals surface area contributed by atoms with Gasteiger partial charge in [-0.15, -0.1) is 0 Å². The summed E-state index contributed by atoms with van der Waals surface area (Å²) in [6.45, 7) is 1.60. The molecule has 0 aliphatic heterocycles. The number of nitrogens with one attached hydrogen (secondary N) is 1. The highest BCUT2D eigenvalue weighted by molar-refractivity contribution is 6.02. The molecule has 2 aromatic rings. The molecule has 6 nitrogen and oxygen atoms in total. The largest absolute Gasteiger partial charge is 0.368 e. The molecule has 4 aliphatic rings. The van der Waals surface area contributed by atoms with Crippen LogP contribution in [0.3, 0.4) is 0 Å². The lowest BCUT2D eigenvalue weighted by molar-refractivity contribution is -0.121. The first-order valence-corrected chi connectivity index (χ1v) is 11.1. The smallest absolute Gasteiger partial charge is 0.259 e. The SMILES string of the molecule is C[C@@H](C(N)=O)n1ccc2c(NC(=O)CC3C4CC5CC(C4)CC3C5)cccc2c1=O. The molecule has 0 saturated heterocycles. The van der Waals surface area contributed by atoms with E-state index in [2.05, 4.69) is 5.32 Å². The lowest BCUT2D eigenvalue weighted by Crippen LogP contribution is -2.46. The lowest BCUT2D eigenvalue weighted by atomic mass is 9.51. The van der Waals surface area contributed by atoms with E-state index in [0.29, 0.717) is 40.6 Å². The minimum absolute atomic E-state index is 0.0367. The van der Waals surface area contributed by atoms with Crippen molar-refractivity contribution < 1.29 is 9.59 Å². The topological polar surface area (TPSA) is 94.2 Å². The van der Waals surface area contributed by atoms with Crippen molar-refractivity contribution in [3.8, 4) is 0 Å². The van der Waals surface area contributed by atoms with E-state index in [-0.39, 0.29) is 11.5 Å². The third-order valence-corrected chi connectivity index (χ3v) is 7.92. The molecule has 2 amide bonds. The van der Waals surface area contributed by atoms with Gasteiger partial charge in [0.2, 0.25) is 11.8 Å². The first kappa shape index (κ1) is 19.3. The Balaban J connectivity index is 1.36. The number of benzene rings is 1. The summed E-state index contributed by atoms with van der Waals surface area (Å²) in [5.41, 5.74) is 5.73. The van der Waals surface area contributed by atoms with Gasteiger partial charge in [-0.1, -0.05) is 6.07 Å². The molecule has 4 fully saturated rings. The number of nitrogens with zero attached hydrogens (tertiary/aromatic N) is 1. The van der Waals surface area contributed by atoms with Gasteiger partial charge in [-0.25, -0.2) is 0 Å². The number of aromatic nitrogens is 1. The highest BCUT2D eigenvalue weighted by Gasteiger charge is 2.48. The molecule has 3 N–H and O–H groups in total. The van der Waals surface area contributed by atoms with Crippen molar-refractivity contribution in [2.75, 3.05) is 5.32 Å². The number of primary amides is 1. The van der Waals surface area contributed by atoms with Gasteiger partial charge in [0, 0.05) is 29.1 Å². The zero-order valence-corrected chi connectivity index (χ0v) is 17.3. The van der Waals surface area contributed by atoms with Gasteiger partial charge in [-0.2, -0.15) is 0 Å². The average molecular weight is 408 g/mol. The Morgan fingerprint density at radius 2 is 1.73 bits per heavy atom. The molecule has 0 unspecified atom stereocenters. The minimum Gasteiger partial charge on any atom is -0.368 e. The molecule has 1 heterocycles. The number of nitrogens with two attached hydrogens (primary N) is 1. The third-order valence-electron chi connectivity index (χ3n) is 7.92. The average Bonchev–Trinajstić information content (AvgIpc) is 2.70. The standard InChI is InChI=1S/C24H29N3O3/c1-13(23(25)29)27-6-5-18-19(24(27)30)3-2-4-21(18)26-22(28)12-20-16-8-14-7-15(10-16)11-17(20)9-14/h2-6,13-17,20H,7-12H2,1H3,(H2,25,29)(H,26,28)/t13-,14?,15?,16?,17?,20?/m0/s1. The summed E-state index contributed by atoms with van der Waals surface area (Å²) in [6, 6.07) is 6.36. The number of amides is 2. The Morgan fingerprint density at radius 1 is 1.07 bits per heavy atom. The number of anilines is 1. The predicted molar refractivity (Wildman–Crippen MR) is 116 cm³/mol. The normalized spacial score (nSPS) is 30.4. The number of pyridine rings is 1. The van der Waals surface area contributed by atoms with E-state index in [4.69, 9.17) is 5.73 Å². The first-order chi connectivity index (χ1) is 14.4. The molecule has 4 saturated carbocycles. The van der Waals surface area contributed by atoms with Gasteiger partial charge < -0.3 is 15.6 Å². The first-order valence-electron chi connectivity index (χ1n) is 11.1. The van der Waals surface area contributed by atoms with E-state index < -0.39 is 11.9 Å². The highest BCUT2D eigenvalue weighted by atomic mass is 16.2. The van der Waals surface area contributed by atoms with Crippen LogP contribution in [-0.4, -0.2) is 16.4 Å². The monoisotopic (exact) mass is 407 g/mol. The van der Waals surface area contributed by atoms with Gasteiger partial charge in [0.15, 0.2) is 0 Å². The second kappa shape index (κ2) is 7.25. The summed E-state index contributed by atoms with van der Waals surface area (Å²) >= 11 is 0. The van der Waals surface area contributed by atoms with E-state index in [0.717, 1.165) is 11.8 Å². The summed E-state index contributed by atoms with van der Waals surface area (Å²) in [5, 5.41) is 4.22. The maximum atomic E-state index is 12.9. The van der Waals surface area contributed by atoms with Gasteiger partial charge in [0.1, 0.15) is 6.04 Å². The fourth-order valence-electron chi connectivity index (χ4n) is 6.63. The molecule has 6 heteroatoms. The van der Waals surface area contributed by atoms with Crippen molar-refractivity contribution in [1.29, 1.82) is 0 Å². The summed E-state index contributed by atoms with van der Waals surface area (Å²) in [6.07, 6.45) is 8.77. The molecular weight excluding hydrogens is 378 g/mol. The van der Waals surface area contributed by atoms with Crippen molar-refractivity contribution in [1.82, 2.24) is 4.57 Å². The second-order valence-corrected chi connectivity index (χ2v) is 9.72. The predicted octanol–water partition coefficient (Wildman–Crippen LogP) is 3.45. The molecule has 1 aromatic heterocycles. The number of hydrogen-bond donors (Lipinski definition) is 2. The number of fused-ring (bicyclic) bond motifs is 1. The minimum atomic E-state index is -0.725. The summed E-state index contributed by atoms with van der Waals surface area (Å²) in [5.74, 6) is 3.20. The third kappa shape index (κ3) is 3.22. The molecule has 0 radical (unpaired) electrons. The van der Waals surface area contributed by atoms with E-state index in [9.17, 15) is 14.4 Å². The maximum absolute atomic E-state index is 12.9. The molecule has 30 heavy (non-hydrogen) atoms. The van der Waals surface area contributed by atoms with Crippen LogP contribution in [0.4, 0.5) is 5.69 Å². The van der Waals surface area contributed by atoms with E-state index in [1.807, 2.05) is 6.07 Å². The van der Waals surface area contributed by atoms with E-state index >= 15 is 0 Å². The van der Waals surface area contributed by atoms with Gasteiger partial charge in [-0.3, -0.25) is 14.4 Å². The molecule has 158 valence electrons. The van der Waals surface area contributed by atoms with Crippen molar-refractivity contribution in [2.45, 2.75) is 51.5 Å². The van der Waals surface area contributed by atoms with Crippen molar-refractivity contribution in [3.05, 3.63) is 40.8 Å². The Kier molecular flexibility index (Phi) is 4.68. The quantitative estimate of drug-likeness (QED) is 0.795. The van der Waals surface area contributed by atoms with Crippen molar-refractivity contribution in [3.63, 3.8) is 0 Å². The summed E-state index contributed by atoms with van der Waals surface area (Å²) in [4.78, 5) is 37.3. The van der Waals surface area contributed by atoms with Gasteiger partial charge in [-0.05, 0) is 86.8 Å². The molecule has 4 bridgehead atoms. The molecule has 0 spiro atoms. The van der Waals surface area contributed by atoms with Crippen LogP contribution < -0.4 is 16.6 Å². The molecule has 1 aromatic carbocycles. The van der Waals surface area contributed by atoms with Gasteiger partial charge >= 0.3 is 0 Å². The second-order valence-electron chi connectivity index (χ2n) is 9.72. The van der Waals surface area contributed by atoms with Crippen LogP contribution in [0, 0.1) is 29.6 Å². The Hall–Kier alpha value is -2.63. The van der Waals surface area contributed by atoms with Crippen LogP contribution in [0.25, 0.3) is 10.8 Å². The number of carbonyl (C=O) groups excluding carboxylic acids is 2. The molecular formula is C24H29N3O3. The summed E-state index contributed by atoms with van der Waals surface area (Å²) < 4.78 is 1.34. The Labute approximate surface area is 175 Å². The van der Waals surface area contributed by atoms with Crippen LogP contribution >= 0.6 is 0 Å². The van der Waals surface area contributed by atoms with Gasteiger partial charge in [0.25, 0.3) is 5.56 Å². The maximum Gasteiger partial charge on any atom is 0.259 e. The van der Waals surface area contributed by atoms with Crippen LogP contribution in [0.2, 0.25) is 0 Å². The van der Waals surface area contributed by atoms with Crippen LogP contribution in [0.5, 0.6) is 0 Å². The van der Waals surface area contributed by atoms with Crippen molar-refractivity contribution >= 4 is 28.3 Å². The van der Waals surface area contributed by atoms with E-state index in [1.165, 1.54) is 36.7 Å². The lowest BCUT2D eigenvalue weighted by Gasteiger charge is -2.54. The molecule has 1 atom stereocenters. The van der Waals surface area contributed by atoms with Crippen LogP contribution in [0.15, 0.2) is 35.3 Å². The zero-order chi connectivity index (χ0) is 21.0. The van der Waals surface area contributed by atoms with Crippen LogP contribution in [-0.2, 0) is 9.59 Å². The van der Waals surface area contributed by atoms with Crippen molar-refractivity contribution in [2.24, 2.45) is 35.3 Å². The molecule has 6 rings (SSSR count). The van der Waals surface area contributed by atoms with Crippen LogP contribution in [0.1, 0.15) is 51.5 Å². The van der Waals surface area contributed by atoms with E-state index in [1.54, 1.807) is 31.3 Å². The Bertz CT molecular complexity index is 1050. The number of carbonyl (C=O) groups is 2. The fraction of sp³-hybridized carbons (Fsp3) is 0.542. The number of rotatable bonds is 5. The van der Waals surface area contributed by atoms with Gasteiger partial charge in [0.05, 0.1) is 0 Å². The highest BCUT2D eigenvalue weighted by Crippen LogP contribution is 2.57. The fourth-order valence-corrected chi connectivity index (χ4v) is 6.63.